The summed E-state index contributed by atoms with van der Waals surface area (Å²) in [5.41, 5.74) is 3.73. The molecule has 1 atom stereocenters. The predicted octanol–water partition coefficient (Wildman–Crippen LogP) is 3.36. The van der Waals surface area contributed by atoms with Gasteiger partial charge in [0.25, 0.3) is 5.91 Å². The number of aromatic nitrogens is 3. The molecule has 5 nitrogen and oxygen atoms in total. The Bertz CT molecular complexity index is 884. The van der Waals surface area contributed by atoms with Gasteiger partial charge in [-0.2, -0.15) is 5.10 Å². The lowest BCUT2D eigenvalue weighted by Crippen LogP contribution is -2.40. The summed E-state index contributed by atoms with van der Waals surface area (Å²) in [6.45, 7) is 3.59. The van der Waals surface area contributed by atoms with E-state index in [1.807, 2.05) is 42.3 Å². The molecule has 1 saturated heterocycles. The number of piperidine rings is 1. The molecular weight excluding hydrogens is 312 g/mol. The Kier molecular flexibility index (Phi) is 4.22. The Morgan fingerprint density at radius 2 is 2.16 bits per heavy atom. The lowest BCUT2D eigenvalue weighted by Gasteiger charge is -2.32. The number of H-pyrrole nitrogens is 1. The van der Waals surface area contributed by atoms with Crippen LogP contribution in [0.3, 0.4) is 0 Å². The predicted molar refractivity (Wildman–Crippen MR) is 97.4 cm³/mol. The first-order chi connectivity index (χ1) is 12.2. The van der Waals surface area contributed by atoms with Gasteiger partial charge >= 0.3 is 0 Å². The maximum Gasteiger partial charge on any atom is 0.275 e. The first-order valence-electron chi connectivity index (χ1n) is 8.84. The van der Waals surface area contributed by atoms with Crippen molar-refractivity contribution in [2.45, 2.75) is 26.2 Å². The minimum Gasteiger partial charge on any atom is -0.337 e. The number of aryl methyl sites for hydroxylation is 1. The summed E-state index contributed by atoms with van der Waals surface area (Å²) in [4.78, 5) is 19.3. The van der Waals surface area contributed by atoms with E-state index in [4.69, 9.17) is 0 Å². The zero-order valence-electron chi connectivity index (χ0n) is 14.4. The van der Waals surface area contributed by atoms with Gasteiger partial charge < -0.3 is 4.90 Å². The molecule has 0 spiro atoms. The van der Waals surface area contributed by atoms with Crippen molar-refractivity contribution in [3.05, 3.63) is 59.5 Å². The van der Waals surface area contributed by atoms with Gasteiger partial charge in [0.15, 0.2) is 5.69 Å². The summed E-state index contributed by atoms with van der Waals surface area (Å²) in [7, 11) is 0. The third-order valence-electron chi connectivity index (χ3n) is 4.98. The van der Waals surface area contributed by atoms with Crippen molar-refractivity contribution in [3.63, 3.8) is 0 Å². The number of carbonyl (C=O) groups is 1. The zero-order valence-corrected chi connectivity index (χ0v) is 14.4. The van der Waals surface area contributed by atoms with Gasteiger partial charge in [-0.05, 0) is 49.8 Å². The molecule has 0 saturated carbocycles. The van der Waals surface area contributed by atoms with Gasteiger partial charge in [0.05, 0.1) is 5.52 Å². The fourth-order valence-electron chi connectivity index (χ4n) is 3.64. The number of benzene rings is 1. The third kappa shape index (κ3) is 3.27. The van der Waals surface area contributed by atoms with Crippen LogP contribution in [0, 0.1) is 12.8 Å². The lowest BCUT2D eigenvalue weighted by atomic mass is 9.91. The summed E-state index contributed by atoms with van der Waals surface area (Å²) >= 11 is 0. The smallest absolute Gasteiger partial charge is 0.275 e. The summed E-state index contributed by atoms with van der Waals surface area (Å²) in [6, 6.07) is 12.0. The van der Waals surface area contributed by atoms with Gasteiger partial charge in [0, 0.05) is 30.4 Å². The van der Waals surface area contributed by atoms with E-state index < -0.39 is 0 Å². The molecule has 1 amide bonds. The summed E-state index contributed by atoms with van der Waals surface area (Å²) in [5, 5.41) is 8.12. The molecule has 0 bridgehead atoms. The molecule has 5 heteroatoms. The van der Waals surface area contributed by atoms with E-state index >= 15 is 0 Å². The lowest BCUT2D eigenvalue weighted by molar-refractivity contribution is 0.0669. The highest BCUT2D eigenvalue weighted by atomic mass is 16.2. The molecule has 128 valence electrons. The average molecular weight is 334 g/mol. The molecule has 3 aromatic rings. The van der Waals surface area contributed by atoms with Crippen LogP contribution in [0.4, 0.5) is 0 Å². The van der Waals surface area contributed by atoms with Crippen molar-refractivity contribution in [2.24, 2.45) is 5.92 Å². The molecule has 4 rings (SSSR count). The Morgan fingerprint density at radius 1 is 1.28 bits per heavy atom. The van der Waals surface area contributed by atoms with Gasteiger partial charge in [-0.25, -0.2) is 0 Å². The van der Waals surface area contributed by atoms with Crippen LogP contribution in [0.5, 0.6) is 0 Å². The number of para-hydroxylation sites is 1. The van der Waals surface area contributed by atoms with E-state index in [0.717, 1.165) is 48.9 Å². The third-order valence-corrected chi connectivity index (χ3v) is 4.98. The van der Waals surface area contributed by atoms with Gasteiger partial charge in [0.1, 0.15) is 0 Å². The van der Waals surface area contributed by atoms with E-state index in [9.17, 15) is 4.79 Å². The van der Waals surface area contributed by atoms with Crippen molar-refractivity contribution in [2.75, 3.05) is 13.1 Å². The Labute approximate surface area is 147 Å². The van der Waals surface area contributed by atoms with Gasteiger partial charge in [-0.1, -0.05) is 24.3 Å². The van der Waals surface area contributed by atoms with Crippen molar-refractivity contribution in [3.8, 4) is 0 Å². The molecule has 1 aliphatic rings. The fourth-order valence-corrected chi connectivity index (χ4v) is 3.64. The Balaban J connectivity index is 1.49. The number of hydrogen-bond acceptors (Lipinski definition) is 3. The summed E-state index contributed by atoms with van der Waals surface area (Å²) < 4.78 is 0. The van der Waals surface area contributed by atoms with Gasteiger partial charge in [0.2, 0.25) is 0 Å². The summed E-state index contributed by atoms with van der Waals surface area (Å²) in [5.74, 6) is 0.511. The standard InChI is InChI=1S/C20H22N4O/c1-14-8-9-15(12-21-14)11-16-5-4-10-24(13-16)20(25)19-17-6-2-3-7-18(17)22-23-19/h2-3,6-9,12,16H,4-5,10-11,13H2,1H3,(H,22,23). The van der Waals surface area contributed by atoms with Crippen LogP contribution in [0.1, 0.15) is 34.6 Å². The van der Waals surface area contributed by atoms with E-state index in [0.29, 0.717) is 11.6 Å². The molecule has 1 aromatic carbocycles. The van der Waals surface area contributed by atoms with Gasteiger partial charge in [-0.15, -0.1) is 0 Å². The van der Waals surface area contributed by atoms with Crippen LogP contribution in [0.15, 0.2) is 42.6 Å². The van der Waals surface area contributed by atoms with E-state index in [-0.39, 0.29) is 5.91 Å². The zero-order chi connectivity index (χ0) is 17.2. The average Bonchev–Trinajstić information content (AvgIpc) is 3.07. The van der Waals surface area contributed by atoms with Crippen LogP contribution < -0.4 is 0 Å². The molecule has 1 unspecified atom stereocenters. The second-order valence-electron chi connectivity index (χ2n) is 6.89. The van der Waals surface area contributed by atoms with Gasteiger partial charge in [-0.3, -0.25) is 14.9 Å². The number of pyridine rings is 1. The maximum atomic E-state index is 12.9. The normalized spacial score (nSPS) is 17.8. The number of nitrogens with zero attached hydrogens (tertiary/aromatic N) is 3. The largest absolute Gasteiger partial charge is 0.337 e. The minimum absolute atomic E-state index is 0.0316. The highest BCUT2D eigenvalue weighted by molar-refractivity contribution is 6.04. The molecule has 25 heavy (non-hydrogen) atoms. The highest BCUT2D eigenvalue weighted by Crippen LogP contribution is 2.24. The first kappa shape index (κ1) is 15.8. The number of amides is 1. The van der Waals surface area contributed by atoms with Crippen LogP contribution in [0.25, 0.3) is 10.9 Å². The number of rotatable bonds is 3. The molecule has 1 fully saturated rings. The number of carbonyl (C=O) groups excluding carboxylic acids is 1. The highest BCUT2D eigenvalue weighted by Gasteiger charge is 2.27. The number of aromatic amines is 1. The fraction of sp³-hybridized carbons (Fsp3) is 0.350. The molecule has 1 aliphatic heterocycles. The maximum absolute atomic E-state index is 12.9. The van der Waals surface area contributed by atoms with Crippen molar-refractivity contribution < 1.29 is 4.79 Å². The van der Waals surface area contributed by atoms with E-state index in [1.165, 1.54) is 5.56 Å². The minimum atomic E-state index is 0.0316. The number of nitrogens with one attached hydrogen (secondary N) is 1. The molecule has 1 N–H and O–H groups in total. The molecule has 0 radical (unpaired) electrons. The monoisotopic (exact) mass is 334 g/mol. The molecule has 3 heterocycles. The second-order valence-corrected chi connectivity index (χ2v) is 6.89. The van der Waals surface area contributed by atoms with Crippen LogP contribution in [-0.2, 0) is 6.42 Å². The van der Waals surface area contributed by atoms with Crippen LogP contribution >= 0.6 is 0 Å². The molecule has 2 aromatic heterocycles. The van der Waals surface area contributed by atoms with Crippen molar-refractivity contribution >= 4 is 16.8 Å². The first-order valence-corrected chi connectivity index (χ1v) is 8.84. The molecule has 0 aliphatic carbocycles. The number of fused-ring (bicyclic) bond motifs is 1. The summed E-state index contributed by atoms with van der Waals surface area (Å²) in [6.07, 6.45) is 5.12. The molecular formula is C20H22N4O. The van der Waals surface area contributed by atoms with E-state index in [2.05, 4.69) is 27.3 Å². The SMILES string of the molecule is Cc1ccc(CC2CCCN(C(=O)c3n[nH]c4ccccc34)C2)cn1. The van der Waals surface area contributed by atoms with Crippen LogP contribution in [0.2, 0.25) is 0 Å². The topological polar surface area (TPSA) is 61.9 Å². The quantitative estimate of drug-likeness (QED) is 0.799. The number of likely N-dealkylation sites (tertiary alicyclic amines) is 1. The second kappa shape index (κ2) is 6.67. The van der Waals surface area contributed by atoms with Crippen molar-refractivity contribution in [1.82, 2.24) is 20.1 Å². The number of hydrogen-bond donors (Lipinski definition) is 1. The van der Waals surface area contributed by atoms with E-state index in [1.54, 1.807) is 0 Å². The Hall–Kier alpha value is -2.69. The Morgan fingerprint density at radius 3 is 3.00 bits per heavy atom. The van der Waals surface area contributed by atoms with Crippen molar-refractivity contribution in [1.29, 1.82) is 0 Å². The van der Waals surface area contributed by atoms with Crippen LogP contribution in [-0.4, -0.2) is 39.1 Å².